The Balaban J connectivity index is 1.61. The summed E-state index contributed by atoms with van der Waals surface area (Å²) in [5, 5.41) is 5.03. The van der Waals surface area contributed by atoms with Crippen molar-refractivity contribution in [2.45, 2.75) is 37.8 Å². The maximum Gasteiger partial charge on any atom is 0.270 e. The molecule has 1 aromatic heterocycles. The van der Waals surface area contributed by atoms with Gasteiger partial charge in [0.25, 0.3) is 5.91 Å². The van der Waals surface area contributed by atoms with Crippen LogP contribution < -0.4 is 10.5 Å². The van der Waals surface area contributed by atoms with E-state index >= 15 is 0 Å². The van der Waals surface area contributed by atoms with Crippen LogP contribution in [0.2, 0.25) is 0 Å². The van der Waals surface area contributed by atoms with Crippen molar-refractivity contribution in [1.82, 2.24) is 10.1 Å². The number of rotatable bonds is 8. The topological polar surface area (TPSA) is 90.8 Å². The van der Waals surface area contributed by atoms with Crippen molar-refractivity contribution >= 4 is 16.9 Å². The van der Waals surface area contributed by atoms with Crippen LogP contribution in [0.15, 0.2) is 47.0 Å². The van der Waals surface area contributed by atoms with Gasteiger partial charge in [-0.05, 0) is 43.5 Å². The Bertz CT molecular complexity index is 1080. The Hall–Kier alpha value is -2.97. The van der Waals surface area contributed by atoms with Gasteiger partial charge in [0.2, 0.25) is 5.72 Å². The Morgan fingerprint density at radius 2 is 1.97 bits per heavy atom. The van der Waals surface area contributed by atoms with Crippen molar-refractivity contribution < 1.29 is 23.2 Å². The van der Waals surface area contributed by atoms with Gasteiger partial charge in [0.05, 0.1) is 12.8 Å². The molecule has 0 radical (unpaired) electrons. The number of hydrogen-bond acceptors (Lipinski definition) is 6. The number of aromatic nitrogens is 1. The van der Waals surface area contributed by atoms with Gasteiger partial charge in [-0.3, -0.25) is 9.69 Å². The highest BCUT2D eigenvalue weighted by Gasteiger charge is 2.47. The lowest BCUT2D eigenvalue weighted by atomic mass is 9.88. The summed E-state index contributed by atoms with van der Waals surface area (Å²) in [6, 6.07) is 11.7. The number of benzene rings is 2. The van der Waals surface area contributed by atoms with Gasteiger partial charge in [-0.2, -0.15) is 0 Å². The van der Waals surface area contributed by atoms with Crippen LogP contribution in [0.25, 0.3) is 11.0 Å². The number of likely N-dealkylation sites (tertiary alicyclic amines) is 1. The van der Waals surface area contributed by atoms with Crippen LogP contribution in [-0.2, 0) is 15.3 Å². The van der Waals surface area contributed by atoms with Crippen LogP contribution in [0.4, 0.5) is 4.39 Å². The average molecular weight is 442 g/mol. The third-order valence-electron chi connectivity index (χ3n) is 6.12. The van der Waals surface area contributed by atoms with E-state index in [9.17, 15) is 9.18 Å². The molecule has 32 heavy (non-hydrogen) atoms. The predicted octanol–water partition coefficient (Wildman–Crippen LogP) is 3.92. The number of nitrogens with two attached hydrogens (primary N) is 1. The Morgan fingerprint density at radius 1 is 1.25 bits per heavy atom. The number of halogens is 1. The van der Waals surface area contributed by atoms with Crippen LogP contribution in [0.5, 0.6) is 5.75 Å². The third kappa shape index (κ3) is 3.96. The lowest BCUT2D eigenvalue weighted by molar-refractivity contribution is -0.186. The summed E-state index contributed by atoms with van der Waals surface area (Å²) in [6.45, 7) is 3.55. The molecule has 1 saturated heterocycles. The first-order chi connectivity index (χ1) is 15.5. The summed E-state index contributed by atoms with van der Waals surface area (Å²) in [5.74, 6) is -0.0769. The molecule has 1 aliphatic heterocycles. The number of piperidine rings is 1. The number of carbonyl (C=O) groups is 1. The van der Waals surface area contributed by atoms with Crippen LogP contribution >= 0.6 is 0 Å². The van der Waals surface area contributed by atoms with Gasteiger partial charge in [-0.15, -0.1) is 0 Å². The van der Waals surface area contributed by atoms with E-state index in [2.05, 4.69) is 5.16 Å². The maximum absolute atomic E-state index is 13.5. The Morgan fingerprint density at radius 3 is 2.59 bits per heavy atom. The molecule has 170 valence electrons. The third-order valence-corrected chi connectivity index (χ3v) is 6.12. The zero-order valence-corrected chi connectivity index (χ0v) is 18.3. The number of ether oxygens (including phenoxy) is 2. The number of carbonyl (C=O) groups excluding carboxylic acids is 1. The standard InChI is InChI=1S/C24H28FN3O4/c1-3-14-31-24(23(26)29,17-4-7-19(30-2)8-5-17)28-12-10-16(11-13-28)22-20-9-6-18(25)15-21(20)32-27-22/h4-9,15-16H,3,10-14H2,1-2H3,(H2,26,29). The van der Waals surface area contributed by atoms with Gasteiger partial charge in [-0.1, -0.05) is 24.2 Å². The minimum Gasteiger partial charge on any atom is -0.497 e. The lowest BCUT2D eigenvalue weighted by Gasteiger charge is -2.44. The highest BCUT2D eigenvalue weighted by atomic mass is 19.1. The summed E-state index contributed by atoms with van der Waals surface area (Å²) in [6.07, 6.45) is 2.22. The van der Waals surface area contributed by atoms with E-state index in [0.29, 0.717) is 36.6 Å². The van der Waals surface area contributed by atoms with Crippen LogP contribution in [-0.4, -0.2) is 42.8 Å². The van der Waals surface area contributed by atoms with Gasteiger partial charge >= 0.3 is 0 Å². The molecule has 1 atom stereocenters. The molecule has 7 nitrogen and oxygen atoms in total. The van der Waals surface area contributed by atoms with E-state index in [4.69, 9.17) is 19.7 Å². The van der Waals surface area contributed by atoms with E-state index in [1.165, 1.54) is 12.1 Å². The molecular formula is C24H28FN3O4. The highest BCUT2D eigenvalue weighted by Crippen LogP contribution is 2.39. The number of fused-ring (bicyclic) bond motifs is 1. The average Bonchev–Trinajstić information content (AvgIpc) is 3.23. The molecule has 8 heteroatoms. The smallest absolute Gasteiger partial charge is 0.270 e. The van der Waals surface area contributed by atoms with Gasteiger partial charge < -0.3 is 19.7 Å². The summed E-state index contributed by atoms with van der Waals surface area (Å²) >= 11 is 0. The van der Waals surface area contributed by atoms with Crippen molar-refractivity contribution in [3.05, 3.63) is 59.5 Å². The Labute approximate surface area is 186 Å². The van der Waals surface area contributed by atoms with Crippen LogP contribution in [0.3, 0.4) is 0 Å². The van der Waals surface area contributed by atoms with E-state index in [-0.39, 0.29) is 11.7 Å². The fourth-order valence-corrected chi connectivity index (χ4v) is 4.49. The highest BCUT2D eigenvalue weighted by molar-refractivity contribution is 5.84. The van der Waals surface area contributed by atoms with Crippen molar-refractivity contribution in [2.75, 3.05) is 26.8 Å². The number of nitrogens with zero attached hydrogens (tertiary/aromatic N) is 2. The van der Waals surface area contributed by atoms with Crippen molar-refractivity contribution in [2.24, 2.45) is 5.73 Å². The van der Waals surface area contributed by atoms with E-state index in [1.54, 1.807) is 25.3 Å². The van der Waals surface area contributed by atoms with Gasteiger partial charge in [-0.25, -0.2) is 4.39 Å². The maximum atomic E-state index is 13.5. The number of hydrogen-bond donors (Lipinski definition) is 1. The van der Waals surface area contributed by atoms with E-state index in [1.807, 2.05) is 24.0 Å². The number of primary amides is 1. The first-order valence-electron chi connectivity index (χ1n) is 10.9. The summed E-state index contributed by atoms with van der Waals surface area (Å²) in [4.78, 5) is 14.9. The molecule has 0 bridgehead atoms. The molecule has 1 fully saturated rings. The van der Waals surface area contributed by atoms with Crippen molar-refractivity contribution in [3.8, 4) is 5.75 Å². The summed E-state index contributed by atoms with van der Waals surface area (Å²) in [7, 11) is 1.59. The van der Waals surface area contributed by atoms with Crippen molar-refractivity contribution in [1.29, 1.82) is 0 Å². The minimum atomic E-state index is -1.36. The molecular weight excluding hydrogens is 413 g/mol. The van der Waals surface area contributed by atoms with E-state index < -0.39 is 11.6 Å². The fourth-order valence-electron chi connectivity index (χ4n) is 4.49. The van der Waals surface area contributed by atoms with Gasteiger partial charge in [0.15, 0.2) is 5.58 Å². The normalized spacial score (nSPS) is 17.3. The SMILES string of the molecule is CCCOC(C(N)=O)(c1ccc(OC)cc1)N1CCC(c2noc3cc(F)ccc23)CC1. The van der Waals surface area contributed by atoms with Gasteiger partial charge in [0.1, 0.15) is 11.6 Å². The summed E-state index contributed by atoms with van der Waals surface area (Å²) in [5.41, 5.74) is 6.55. The predicted molar refractivity (Wildman–Crippen MR) is 118 cm³/mol. The fraction of sp³-hybridized carbons (Fsp3) is 0.417. The molecule has 1 aliphatic rings. The zero-order valence-electron chi connectivity index (χ0n) is 18.3. The largest absolute Gasteiger partial charge is 0.497 e. The zero-order chi connectivity index (χ0) is 22.7. The molecule has 0 saturated carbocycles. The molecule has 0 spiro atoms. The monoisotopic (exact) mass is 441 g/mol. The summed E-state index contributed by atoms with van der Waals surface area (Å²) < 4.78 is 30.3. The quantitative estimate of drug-likeness (QED) is 0.570. The molecule has 2 N–H and O–H groups in total. The second-order valence-corrected chi connectivity index (χ2v) is 8.05. The molecule has 4 rings (SSSR count). The second kappa shape index (κ2) is 9.26. The van der Waals surface area contributed by atoms with E-state index in [0.717, 1.165) is 30.3 Å². The van der Waals surface area contributed by atoms with Gasteiger partial charge in [0, 0.05) is 42.6 Å². The lowest BCUT2D eigenvalue weighted by Crippen LogP contribution is -2.58. The molecule has 3 aromatic rings. The first kappa shape index (κ1) is 22.2. The Kier molecular flexibility index (Phi) is 6.43. The van der Waals surface area contributed by atoms with Crippen LogP contribution in [0, 0.1) is 5.82 Å². The molecule has 2 heterocycles. The minimum absolute atomic E-state index is 0.130. The first-order valence-corrected chi connectivity index (χ1v) is 10.9. The molecule has 1 amide bonds. The number of amides is 1. The number of methoxy groups -OCH3 is 1. The molecule has 1 unspecified atom stereocenters. The van der Waals surface area contributed by atoms with Crippen LogP contribution in [0.1, 0.15) is 43.4 Å². The molecule has 2 aromatic carbocycles. The molecule has 0 aliphatic carbocycles. The van der Waals surface area contributed by atoms with Crippen molar-refractivity contribution in [3.63, 3.8) is 0 Å². The second-order valence-electron chi connectivity index (χ2n) is 8.05.